The minimum Gasteiger partial charge on any atom is -0.360 e. The Bertz CT molecular complexity index is 673. The summed E-state index contributed by atoms with van der Waals surface area (Å²) in [6.45, 7) is 7.23. The highest BCUT2D eigenvalue weighted by Crippen LogP contribution is 2.25. The molecule has 3 rings (SSSR count). The number of nitrogens with zero attached hydrogens (tertiary/aromatic N) is 2. The molecule has 0 saturated carbocycles. The molecule has 5 heteroatoms. The first-order valence-electron chi connectivity index (χ1n) is 8.74. The quantitative estimate of drug-likeness (QED) is 0.916. The van der Waals surface area contributed by atoms with Crippen LogP contribution in [0.25, 0.3) is 11.3 Å². The number of benzene rings is 1. The average molecular weight is 327 g/mol. The van der Waals surface area contributed by atoms with Gasteiger partial charge in [-0.05, 0) is 32.7 Å². The van der Waals surface area contributed by atoms with Gasteiger partial charge in [-0.15, -0.1) is 0 Å². The highest BCUT2D eigenvalue weighted by molar-refractivity contribution is 6.00. The third kappa shape index (κ3) is 3.67. The van der Waals surface area contributed by atoms with Crippen LogP contribution in [0.4, 0.5) is 0 Å². The van der Waals surface area contributed by atoms with E-state index in [9.17, 15) is 4.79 Å². The normalized spacial score (nSPS) is 16.2. The predicted molar refractivity (Wildman–Crippen MR) is 93.9 cm³/mol. The first-order chi connectivity index (χ1) is 11.7. The first kappa shape index (κ1) is 16.7. The smallest absolute Gasteiger partial charge is 0.257 e. The van der Waals surface area contributed by atoms with Crippen molar-refractivity contribution in [3.63, 3.8) is 0 Å². The van der Waals surface area contributed by atoms with E-state index < -0.39 is 0 Å². The number of hydrogen-bond donors (Lipinski definition) is 1. The fourth-order valence-corrected chi connectivity index (χ4v) is 3.31. The summed E-state index contributed by atoms with van der Waals surface area (Å²) in [7, 11) is 0. The Hall–Kier alpha value is -2.14. The Kier molecular flexibility index (Phi) is 5.30. The highest BCUT2D eigenvalue weighted by atomic mass is 16.5. The number of amides is 1. The second kappa shape index (κ2) is 7.62. The molecule has 2 aromatic rings. The second-order valence-corrected chi connectivity index (χ2v) is 6.42. The van der Waals surface area contributed by atoms with Crippen molar-refractivity contribution in [2.75, 3.05) is 19.6 Å². The van der Waals surface area contributed by atoms with Gasteiger partial charge in [0.15, 0.2) is 0 Å². The van der Waals surface area contributed by atoms with Gasteiger partial charge in [0.25, 0.3) is 5.91 Å². The molecule has 1 aliphatic rings. The van der Waals surface area contributed by atoms with E-state index in [4.69, 9.17) is 4.52 Å². The Balaban J connectivity index is 1.69. The van der Waals surface area contributed by atoms with Crippen LogP contribution in [0.3, 0.4) is 0 Å². The van der Waals surface area contributed by atoms with Crippen molar-refractivity contribution < 1.29 is 9.32 Å². The molecular formula is C19H25N3O2. The van der Waals surface area contributed by atoms with Crippen molar-refractivity contribution in [1.29, 1.82) is 0 Å². The molecule has 1 aliphatic heterocycles. The minimum absolute atomic E-state index is 0.0819. The van der Waals surface area contributed by atoms with E-state index in [-0.39, 0.29) is 11.9 Å². The number of rotatable bonds is 5. The van der Waals surface area contributed by atoms with E-state index in [1.54, 1.807) is 6.92 Å². The number of piperidine rings is 1. The molecule has 5 nitrogen and oxygen atoms in total. The molecule has 2 heterocycles. The molecule has 1 saturated heterocycles. The van der Waals surface area contributed by atoms with Gasteiger partial charge >= 0.3 is 0 Å². The summed E-state index contributed by atoms with van der Waals surface area (Å²) in [5.74, 6) is 0.483. The number of nitrogens with one attached hydrogen (secondary N) is 1. The molecule has 0 unspecified atom stereocenters. The van der Waals surface area contributed by atoms with Gasteiger partial charge in [-0.25, -0.2) is 0 Å². The minimum atomic E-state index is -0.0819. The maximum atomic E-state index is 12.8. The van der Waals surface area contributed by atoms with Crippen LogP contribution in [0.15, 0.2) is 34.9 Å². The average Bonchev–Trinajstić information content (AvgIpc) is 2.99. The molecule has 1 amide bonds. The SMILES string of the molecule is CCCN1CCC(NC(=O)c2c(-c3ccccc3)noc2C)CC1. The number of carbonyl (C=O) groups is 1. The highest BCUT2D eigenvalue weighted by Gasteiger charge is 2.25. The van der Waals surface area contributed by atoms with Crippen molar-refractivity contribution in [2.45, 2.75) is 39.2 Å². The van der Waals surface area contributed by atoms with Crippen LogP contribution in [0.2, 0.25) is 0 Å². The van der Waals surface area contributed by atoms with E-state index in [0.29, 0.717) is 17.0 Å². The molecular weight excluding hydrogens is 302 g/mol. The maximum absolute atomic E-state index is 12.8. The number of carbonyl (C=O) groups excluding carboxylic acids is 1. The van der Waals surface area contributed by atoms with E-state index in [2.05, 4.69) is 22.3 Å². The van der Waals surface area contributed by atoms with E-state index in [0.717, 1.165) is 38.0 Å². The van der Waals surface area contributed by atoms with Crippen molar-refractivity contribution in [3.8, 4) is 11.3 Å². The zero-order chi connectivity index (χ0) is 16.9. The van der Waals surface area contributed by atoms with Crippen LogP contribution < -0.4 is 5.32 Å². The summed E-state index contributed by atoms with van der Waals surface area (Å²) in [4.78, 5) is 15.2. The first-order valence-corrected chi connectivity index (χ1v) is 8.74. The van der Waals surface area contributed by atoms with Gasteiger partial charge in [0.1, 0.15) is 17.0 Å². The molecule has 0 radical (unpaired) electrons. The van der Waals surface area contributed by atoms with Crippen LogP contribution in [0.1, 0.15) is 42.3 Å². The fourth-order valence-electron chi connectivity index (χ4n) is 3.31. The third-order valence-corrected chi connectivity index (χ3v) is 4.60. The monoisotopic (exact) mass is 327 g/mol. The van der Waals surface area contributed by atoms with Gasteiger partial charge in [-0.1, -0.05) is 42.4 Å². The Morgan fingerprint density at radius 1 is 1.29 bits per heavy atom. The lowest BCUT2D eigenvalue weighted by Gasteiger charge is -2.32. The van der Waals surface area contributed by atoms with Crippen LogP contribution in [0, 0.1) is 6.92 Å². The zero-order valence-corrected chi connectivity index (χ0v) is 14.4. The van der Waals surface area contributed by atoms with Gasteiger partial charge in [0.2, 0.25) is 0 Å². The summed E-state index contributed by atoms with van der Waals surface area (Å²) in [6, 6.07) is 9.92. The lowest BCUT2D eigenvalue weighted by Crippen LogP contribution is -2.44. The molecule has 0 bridgehead atoms. The van der Waals surface area contributed by atoms with Crippen LogP contribution >= 0.6 is 0 Å². The van der Waals surface area contributed by atoms with Crippen molar-refractivity contribution in [3.05, 3.63) is 41.7 Å². The molecule has 1 aromatic heterocycles. The van der Waals surface area contributed by atoms with Gasteiger partial charge in [-0.2, -0.15) is 0 Å². The largest absolute Gasteiger partial charge is 0.360 e. The Morgan fingerprint density at radius 3 is 2.67 bits per heavy atom. The molecule has 0 spiro atoms. The van der Waals surface area contributed by atoms with Crippen LogP contribution in [-0.2, 0) is 0 Å². The van der Waals surface area contributed by atoms with Gasteiger partial charge in [-0.3, -0.25) is 4.79 Å². The molecule has 0 atom stereocenters. The number of aryl methyl sites for hydroxylation is 1. The van der Waals surface area contributed by atoms with Gasteiger partial charge < -0.3 is 14.7 Å². The van der Waals surface area contributed by atoms with Crippen molar-refractivity contribution in [1.82, 2.24) is 15.4 Å². The summed E-state index contributed by atoms with van der Waals surface area (Å²) in [6.07, 6.45) is 3.17. The van der Waals surface area contributed by atoms with Gasteiger partial charge in [0.05, 0.1) is 0 Å². The molecule has 0 aliphatic carbocycles. The van der Waals surface area contributed by atoms with E-state index in [1.807, 2.05) is 30.3 Å². The lowest BCUT2D eigenvalue weighted by molar-refractivity contribution is 0.0910. The van der Waals surface area contributed by atoms with E-state index in [1.165, 1.54) is 6.42 Å². The topological polar surface area (TPSA) is 58.4 Å². The van der Waals surface area contributed by atoms with Crippen LogP contribution in [0.5, 0.6) is 0 Å². The lowest BCUT2D eigenvalue weighted by atomic mass is 10.0. The second-order valence-electron chi connectivity index (χ2n) is 6.42. The predicted octanol–water partition coefficient (Wildman–Crippen LogP) is 3.25. The zero-order valence-electron chi connectivity index (χ0n) is 14.4. The van der Waals surface area contributed by atoms with Crippen molar-refractivity contribution >= 4 is 5.91 Å². The fraction of sp³-hybridized carbons (Fsp3) is 0.474. The number of aromatic nitrogens is 1. The Morgan fingerprint density at radius 2 is 2.00 bits per heavy atom. The maximum Gasteiger partial charge on any atom is 0.257 e. The molecule has 128 valence electrons. The molecule has 24 heavy (non-hydrogen) atoms. The molecule has 1 aromatic carbocycles. The molecule has 1 fully saturated rings. The Labute approximate surface area is 143 Å². The number of likely N-dealkylation sites (tertiary alicyclic amines) is 1. The van der Waals surface area contributed by atoms with Crippen LogP contribution in [-0.4, -0.2) is 41.6 Å². The summed E-state index contributed by atoms with van der Waals surface area (Å²) < 4.78 is 5.29. The number of hydrogen-bond acceptors (Lipinski definition) is 4. The van der Waals surface area contributed by atoms with Crippen molar-refractivity contribution in [2.24, 2.45) is 0 Å². The summed E-state index contributed by atoms with van der Waals surface area (Å²) in [5.41, 5.74) is 2.07. The third-order valence-electron chi connectivity index (χ3n) is 4.60. The summed E-state index contributed by atoms with van der Waals surface area (Å²) >= 11 is 0. The van der Waals surface area contributed by atoms with E-state index >= 15 is 0 Å². The summed E-state index contributed by atoms with van der Waals surface area (Å²) in [5, 5.41) is 7.26. The standard InChI is InChI=1S/C19H25N3O2/c1-3-11-22-12-9-16(10-13-22)20-19(23)17-14(2)24-21-18(17)15-7-5-4-6-8-15/h4-8,16H,3,9-13H2,1-2H3,(H,20,23). The van der Waals surface area contributed by atoms with Gasteiger partial charge in [0, 0.05) is 24.7 Å². The molecule has 1 N–H and O–H groups in total.